The summed E-state index contributed by atoms with van der Waals surface area (Å²) in [6.45, 7) is 11.5. The van der Waals surface area contributed by atoms with Crippen molar-refractivity contribution < 1.29 is 38.5 Å². The Hall–Kier alpha value is -4.17. The zero-order chi connectivity index (χ0) is 39.6. The van der Waals surface area contributed by atoms with Crippen molar-refractivity contribution in [3.8, 4) is 22.2 Å². The smallest absolute Gasteiger partial charge is 0.408 e. The molecule has 13 nitrogen and oxygen atoms in total. The molecular formula is C40H50ClN5O8S. The van der Waals surface area contributed by atoms with E-state index in [2.05, 4.69) is 24.5 Å². The molecular weight excluding hydrogens is 746 g/mol. The van der Waals surface area contributed by atoms with Crippen molar-refractivity contribution in [2.45, 2.75) is 116 Å². The Balaban J connectivity index is 1.20. The van der Waals surface area contributed by atoms with E-state index in [0.717, 1.165) is 18.5 Å². The minimum atomic E-state index is -1.40. The molecule has 1 aromatic carbocycles. The molecule has 4 fully saturated rings. The summed E-state index contributed by atoms with van der Waals surface area (Å²) in [5.74, 6) is -0.133. The van der Waals surface area contributed by atoms with Crippen molar-refractivity contribution in [3.05, 3.63) is 34.3 Å². The zero-order valence-electron chi connectivity index (χ0n) is 32.3. The standard InChI is InChI=1S/C40H50ClN5O8S/c1-8-22-16-40(22,37(49)50)45-34(47)28-14-24(17-46(28)36(48)33(39(4,5)6)44-38(51)54-23-12-20-11-21(20)13-23)53-30-15-26(35-43-27(18-55-35)19(2)3)42-32-25(30)9-10-29(52-7)31(32)41/h9-10,15,18-24,28,33H,8,11-14,16-17H2,1-7H3,(H,44,51)(H,45,47)(H,49,50)/t20-,21+,22?,23?,24-,28+,33-,40-/m1/s1. The van der Waals surface area contributed by atoms with E-state index in [1.54, 1.807) is 18.2 Å². The first kappa shape index (κ1) is 39.1. The number of benzene rings is 1. The number of ether oxygens (including phenoxy) is 3. The first-order valence-corrected chi connectivity index (χ1v) is 20.4. The highest BCUT2D eigenvalue weighted by molar-refractivity contribution is 7.13. The Kier molecular flexibility index (Phi) is 10.5. The molecule has 3 heterocycles. The molecule has 3 N–H and O–H groups in total. The van der Waals surface area contributed by atoms with Crippen LogP contribution in [-0.2, 0) is 19.1 Å². The number of pyridine rings is 1. The molecule has 2 unspecified atom stereocenters. The van der Waals surface area contributed by atoms with E-state index in [-0.39, 0.29) is 30.9 Å². The van der Waals surface area contributed by atoms with Gasteiger partial charge in [0, 0.05) is 23.3 Å². The number of aromatic nitrogens is 2. The number of carbonyl (C=O) groups excluding carboxylic acids is 3. The molecule has 1 saturated heterocycles. The van der Waals surface area contributed by atoms with Gasteiger partial charge in [0.2, 0.25) is 11.8 Å². The van der Waals surface area contributed by atoms with Crippen LogP contribution in [0, 0.1) is 23.2 Å². The van der Waals surface area contributed by atoms with Gasteiger partial charge < -0.3 is 34.9 Å². The number of amides is 3. The third-order valence-corrected chi connectivity index (χ3v) is 13.0. The second kappa shape index (κ2) is 14.7. The summed E-state index contributed by atoms with van der Waals surface area (Å²) in [6, 6.07) is 3.16. The van der Waals surface area contributed by atoms with Crippen LogP contribution in [-0.4, -0.2) is 87.3 Å². The fourth-order valence-corrected chi connectivity index (χ4v) is 9.49. The van der Waals surface area contributed by atoms with Crippen molar-refractivity contribution in [2.75, 3.05) is 13.7 Å². The van der Waals surface area contributed by atoms with Gasteiger partial charge in [-0.25, -0.2) is 19.6 Å². The van der Waals surface area contributed by atoms with Gasteiger partial charge in [0.05, 0.1) is 24.9 Å². The van der Waals surface area contributed by atoms with Crippen LogP contribution in [0.3, 0.4) is 0 Å². The number of hydrogen-bond acceptors (Lipinski definition) is 10. The number of methoxy groups -OCH3 is 1. The molecule has 8 atom stereocenters. The monoisotopic (exact) mass is 795 g/mol. The summed E-state index contributed by atoms with van der Waals surface area (Å²) in [7, 11) is 1.52. The van der Waals surface area contributed by atoms with Gasteiger partial charge in [-0.1, -0.05) is 59.6 Å². The Bertz CT molecular complexity index is 2010. The van der Waals surface area contributed by atoms with E-state index in [1.807, 2.05) is 33.1 Å². The van der Waals surface area contributed by atoms with Crippen molar-refractivity contribution in [2.24, 2.45) is 23.2 Å². The highest BCUT2D eigenvalue weighted by atomic mass is 35.5. The summed E-state index contributed by atoms with van der Waals surface area (Å²) in [5, 5.41) is 19.3. The van der Waals surface area contributed by atoms with Crippen LogP contribution in [0.25, 0.3) is 21.6 Å². The fraction of sp³-hybridized carbons (Fsp3) is 0.600. The molecule has 3 aromatic rings. The molecule has 3 amide bonds. The van der Waals surface area contributed by atoms with Crippen LogP contribution < -0.4 is 20.1 Å². The highest BCUT2D eigenvalue weighted by Gasteiger charge is 2.61. The van der Waals surface area contributed by atoms with Gasteiger partial charge in [0.1, 0.15) is 57.1 Å². The van der Waals surface area contributed by atoms with E-state index >= 15 is 0 Å². The maximum absolute atomic E-state index is 14.7. The minimum absolute atomic E-state index is 0.0126. The quantitative estimate of drug-likeness (QED) is 0.177. The van der Waals surface area contributed by atoms with E-state index in [1.165, 1.54) is 29.8 Å². The number of halogens is 1. The number of likely N-dealkylation sites (tertiary alicyclic amines) is 1. The Labute approximate surface area is 329 Å². The number of rotatable bonds is 12. The second-order valence-corrected chi connectivity index (χ2v) is 18.2. The average molecular weight is 796 g/mol. The van der Waals surface area contributed by atoms with Crippen LogP contribution >= 0.6 is 22.9 Å². The van der Waals surface area contributed by atoms with E-state index in [0.29, 0.717) is 62.8 Å². The molecule has 15 heteroatoms. The summed E-state index contributed by atoms with van der Waals surface area (Å²) in [6.07, 6.45) is 2.21. The summed E-state index contributed by atoms with van der Waals surface area (Å²) in [4.78, 5) is 65.6. The summed E-state index contributed by atoms with van der Waals surface area (Å²) >= 11 is 8.27. The average Bonchev–Trinajstić information content (AvgIpc) is 3.77. The molecule has 0 bridgehead atoms. The number of thiazole rings is 1. The van der Waals surface area contributed by atoms with Crippen LogP contribution in [0.15, 0.2) is 23.6 Å². The van der Waals surface area contributed by atoms with Crippen LogP contribution in [0.5, 0.6) is 11.5 Å². The van der Waals surface area contributed by atoms with Gasteiger partial charge >= 0.3 is 12.1 Å². The number of carboxylic acids is 1. The van der Waals surface area contributed by atoms with Crippen LogP contribution in [0.2, 0.25) is 5.02 Å². The predicted octanol–water partition coefficient (Wildman–Crippen LogP) is 6.80. The zero-order valence-corrected chi connectivity index (χ0v) is 33.9. The van der Waals surface area contributed by atoms with Gasteiger partial charge in [0.25, 0.3) is 0 Å². The molecule has 3 aliphatic carbocycles. The van der Waals surface area contributed by atoms with Crippen molar-refractivity contribution in [1.82, 2.24) is 25.5 Å². The molecule has 7 rings (SSSR count). The minimum Gasteiger partial charge on any atom is -0.495 e. The molecule has 55 heavy (non-hydrogen) atoms. The number of nitrogens with zero attached hydrogens (tertiary/aromatic N) is 3. The number of carbonyl (C=O) groups is 4. The molecule has 296 valence electrons. The predicted molar refractivity (Wildman–Crippen MR) is 207 cm³/mol. The lowest BCUT2D eigenvalue weighted by Crippen LogP contribution is -2.59. The first-order chi connectivity index (χ1) is 26.0. The van der Waals surface area contributed by atoms with Gasteiger partial charge in [0.15, 0.2) is 0 Å². The molecule has 0 radical (unpaired) electrons. The lowest BCUT2D eigenvalue weighted by Gasteiger charge is -2.35. The van der Waals surface area contributed by atoms with Crippen molar-refractivity contribution in [3.63, 3.8) is 0 Å². The number of hydrogen-bond donors (Lipinski definition) is 3. The van der Waals surface area contributed by atoms with E-state index in [4.69, 9.17) is 35.8 Å². The number of aliphatic carboxylic acids is 1. The van der Waals surface area contributed by atoms with E-state index in [9.17, 15) is 24.3 Å². The highest BCUT2D eigenvalue weighted by Crippen LogP contribution is 2.52. The van der Waals surface area contributed by atoms with Gasteiger partial charge in [-0.15, -0.1) is 11.3 Å². The lowest BCUT2D eigenvalue weighted by molar-refractivity contribution is -0.146. The maximum atomic E-state index is 14.7. The number of alkyl carbamates (subject to hydrolysis) is 1. The molecule has 2 aromatic heterocycles. The number of carboxylic acid groups (broad SMARTS) is 1. The van der Waals surface area contributed by atoms with Crippen LogP contribution in [0.1, 0.15) is 91.7 Å². The van der Waals surface area contributed by atoms with Gasteiger partial charge in [-0.3, -0.25) is 9.59 Å². The van der Waals surface area contributed by atoms with Crippen molar-refractivity contribution >= 4 is 57.7 Å². The first-order valence-electron chi connectivity index (χ1n) is 19.2. The Morgan fingerprint density at radius 2 is 1.80 bits per heavy atom. The summed E-state index contributed by atoms with van der Waals surface area (Å²) < 4.78 is 18.0. The van der Waals surface area contributed by atoms with E-state index < -0.39 is 53.0 Å². The molecule has 0 spiro atoms. The third kappa shape index (κ3) is 7.68. The van der Waals surface area contributed by atoms with Crippen LogP contribution in [0.4, 0.5) is 4.79 Å². The number of nitrogens with one attached hydrogen (secondary N) is 2. The topological polar surface area (TPSA) is 169 Å². The second-order valence-electron chi connectivity index (χ2n) is 17.0. The van der Waals surface area contributed by atoms with Gasteiger partial charge in [-0.2, -0.15) is 0 Å². The maximum Gasteiger partial charge on any atom is 0.408 e. The molecule has 4 aliphatic rings. The Morgan fingerprint density at radius 1 is 1.07 bits per heavy atom. The largest absolute Gasteiger partial charge is 0.495 e. The fourth-order valence-electron chi connectivity index (χ4n) is 8.26. The number of fused-ring (bicyclic) bond motifs is 2. The summed E-state index contributed by atoms with van der Waals surface area (Å²) in [5.41, 5.74) is -0.276. The van der Waals surface area contributed by atoms with Gasteiger partial charge in [-0.05, 0) is 66.9 Å². The third-order valence-electron chi connectivity index (χ3n) is 11.7. The molecule has 3 saturated carbocycles. The Morgan fingerprint density at radius 3 is 2.40 bits per heavy atom. The molecule has 1 aliphatic heterocycles. The van der Waals surface area contributed by atoms with Crippen molar-refractivity contribution in [1.29, 1.82) is 0 Å². The SMILES string of the molecule is CCC1C[C@]1(NC(=O)[C@@H]1C[C@@H](Oc2cc(-c3nc(C(C)C)cs3)nc3c(Cl)c(OC)ccc23)CN1C(=O)[C@@H](NC(=O)OC1C[C@@H]2C[C@@H]2C1)C(C)(C)C)C(=O)O. The lowest BCUT2D eigenvalue weighted by atomic mass is 9.85. The normalized spacial score (nSPS) is 27.4.